The number of fused-ring (bicyclic) bond motifs is 4. The summed E-state index contributed by atoms with van der Waals surface area (Å²) in [6.45, 7) is 33.7. The van der Waals surface area contributed by atoms with Crippen LogP contribution >= 0.6 is 0 Å². The van der Waals surface area contributed by atoms with Gasteiger partial charge < -0.3 is 61.9 Å². The third-order valence-corrected chi connectivity index (χ3v) is 30.8. The Hall–Kier alpha value is -9.02. The van der Waals surface area contributed by atoms with E-state index in [0.29, 0.717) is 119 Å². The van der Waals surface area contributed by atoms with Crippen LogP contribution in [0.5, 0.6) is 5.75 Å². The third kappa shape index (κ3) is 26.0. The molecular formula is C109H164N14O9. The number of likely N-dealkylation sites (tertiary alicyclic amines) is 2. The molecule has 6 heterocycles. The highest BCUT2D eigenvalue weighted by Crippen LogP contribution is 2.42. The zero-order valence-electron chi connectivity index (χ0n) is 83.3. The van der Waals surface area contributed by atoms with E-state index in [9.17, 15) is 28.8 Å². The number of hydrogen-bond donors (Lipinski definition) is 0. The summed E-state index contributed by atoms with van der Waals surface area (Å²) in [7, 11) is 1.70. The average molecular weight is 1810 g/mol. The summed E-state index contributed by atoms with van der Waals surface area (Å²) in [5.74, 6) is 9.35. The van der Waals surface area contributed by atoms with Crippen molar-refractivity contribution in [2.45, 2.75) is 407 Å². The highest BCUT2D eigenvalue weighted by atomic mass is 16.6. The van der Waals surface area contributed by atoms with Gasteiger partial charge in [0.25, 0.3) is 0 Å². The number of rotatable bonds is 28. The van der Waals surface area contributed by atoms with Crippen LogP contribution < -0.4 is 4.74 Å². The molecule has 16 rings (SSSR count). The molecule has 23 nitrogen and oxygen atoms in total. The number of carbonyl (C=O) groups excluding carboxylic acids is 6. The topological polar surface area (TPSA) is 221 Å². The Morgan fingerprint density at radius 2 is 0.689 bits per heavy atom. The van der Waals surface area contributed by atoms with E-state index in [4.69, 9.17) is 34.1 Å². The van der Waals surface area contributed by atoms with Crippen LogP contribution in [0.25, 0.3) is 44.1 Å². The number of piperidine rings is 2. The summed E-state index contributed by atoms with van der Waals surface area (Å²) in [6, 6.07) is 29.0. The molecule has 2 aliphatic heterocycles. The molecule has 8 fully saturated rings. The van der Waals surface area contributed by atoms with Gasteiger partial charge in [-0.1, -0.05) is 128 Å². The van der Waals surface area contributed by atoms with Gasteiger partial charge in [0.2, 0.25) is 23.6 Å². The second kappa shape index (κ2) is 48.9. The van der Waals surface area contributed by atoms with E-state index >= 15 is 0 Å². The highest BCUT2D eigenvalue weighted by Gasteiger charge is 2.37. The highest BCUT2D eigenvalue weighted by molar-refractivity contribution is 5.83. The molecule has 6 saturated carbocycles. The number of nitrogens with zero attached hydrogens (tertiary/aromatic N) is 14. The van der Waals surface area contributed by atoms with E-state index in [-0.39, 0.29) is 35.8 Å². The lowest BCUT2D eigenvalue weighted by atomic mass is 9.80. The first kappa shape index (κ1) is 100. The lowest BCUT2D eigenvalue weighted by Crippen LogP contribution is -2.43. The second-order valence-electron chi connectivity index (χ2n) is 40.7. The average Bonchev–Trinajstić information content (AvgIpc) is 1.64. The van der Waals surface area contributed by atoms with Crippen LogP contribution in [0.2, 0.25) is 0 Å². The number of hydrogen-bond acceptors (Lipinski definition) is 13. The number of aromatic nitrogens is 8. The number of methoxy groups -OCH3 is 1. The number of ether oxygens (including phenoxy) is 3. The Bertz CT molecular complexity index is 5010. The van der Waals surface area contributed by atoms with Gasteiger partial charge >= 0.3 is 12.2 Å². The van der Waals surface area contributed by atoms with Crippen molar-refractivity contribution in [2.24, 2.45) is 11.8 Å². The molecule has 0 bridgehead atoms. The van der Waals surface area contributed by atoms with Gasteiger partial charge in [-0.2, -0.15) is 0 Å². The second-order valence-corrected chi connectivity index (χ2v) is 40.7. The summed E-state index contributed by atoms with van der Waals surface area (Å²) in [6.07, 6.45) is 42.4. The van der Waals surface area contributed by atoms with Gasteiger partial charge in [-0.05, 0) is 269 Å². The van der Waals surface area contributed by atoms with Gasteiger partial charge in [0.15, 0.2) is 0 Å². The van der Waals surface area contributed by atoms with Crippen LogP contribution in [0.3, 0.4) is 0 Å². The van der Waals surface area contributed by atoms with Crippen LogP contribution in [0, 0.1) is 25.7 Å². The molecule has 6 aliphatic carbocycles. The van der Waals surface area contributed by atoms with Crippen molar-refractivity contribution in [3.05, 3.63) is 113 Å². The molecule has 6 amide bonds. The molecular weight excluding hydrogens is 1650 g/mol. The van der Waals surface area contributed by atoms with Crippen molar-refractivity contribution in [3.8, 4) is 5.75 Å². The van der Waals surface area contributed by atoms with E-state index < -0.39 is 5.60 Å². The van der Waals surface area contributed by atoms with Crippen molar-refractivity contribution in [1.82, 2.24) is 67.6 Å². The van der Waals surface area contributed by atoms with Crippen molar-refractivity contribution in [1.29, 1.82) is 0 Å². The Morgan fingerprint density at radius 1 is 0.364 bits per heavy atom. The van der Waals surface area contributed by atoms with E-state index in [1.165, 1.54) is 195 Å². The van der Waals surface area contributed by atoms with Gasteiger partial charge in [-0.3, -0.25) is 19.2 Å². The summed E-state index contributed by atoms with van der Waals surface area (Å²) < 4.78 is 25.6. The summed E-state index contributed by atoms with van der Waals surface area (Å²) in [5.41, 5.74) is 10.3. The molecule has 132 heavy (non-hydrogen) atoms. The fraction of sp³-hybridized carbons (Fsp3) is 0.688. The first-order chi connectivity index (χ1) is 64.0. The standard InChI is InChI=1S/C29H44N4O3.C27H40N4O3.C27H41N3O2.C26H39N3O/c1-6-32(23-12-8-7-9-13-23)26(34)16-18-33-25-15-14-21(2)19-24(25)30-27(33)22-11-10-17-31(20-22)28(35)36-29(3,4)5;1-4-30(22-11-7-6-8-12-22)25(32)15-17-31-24-14-13-20(3)18-23(24)28-26(31)21-10-9-16-29(19-21)27(33)34-5-2;1-4-20-11-13-21(14-12-20)27-28-24-19-23(32-3)15-16-25(24)30(27)18-17-26(31)29(5-2)22-9-7-6-8-10-22;1-3-20-14-16-21(17-15-20)26-27-23-12-8-9-13-24(23)29(26)19-18-25(30)28(4-2)22-10-6-5-7-11-22/h14-15,19,22-23H,6-13,16-18,20H2,1-5H3;13-14,18,21-22H,4-12,15-17,19H2,1-3H3;15-16,19-22H,4-14,17-18H2,1-3H3;8-9,12-13,20-22H,3-7,10-11,14-19H2,1-2H3. The van der Waals surface area contributed by atoms with Crippen molar-refractivity contribution in [3.63, 3.8) is 0 Å². The Balaban J connectivity index is 0.000000150. The molecule has 2 saturated heterocycles. The maximum absolute atomic E-state index is 13.3. The largest absolute Gasteiger partial charge is 0.497 e. The number of carbonyl (C=O) groups is 6. The lowest BCUT2D eigenvalue weighted by molar-refractivity contribution is -0.135. The molecule has 0 spiro atoms. The Kier molecular flexibility index (Phi) is 37.2. The molecule has 8 aliphatic rings. The maximum atomic E-state index is 13.3. The van der Waals surface area contributed by atoms with Crippen LogP contribution in [-0.2, 0) is 54.8 Å². The van der Waals surface area contributed by atoms with Crippen molar-refractivity contribution >= 4 is 79.9 Å². The first-order valence-corrected chi connectivity index (χ1v) is 52.5. The molecule has 4 aromatic carbocycles. The molecule has 2 unspecified atom stereocenters. The minimum Gasteiger partial charge on any atom is -0.497 e. The number of imidazole rings is 4. The SMILES string of the molecule is CCC1CCC(c2nc3cc(OC)ccc3n2CCC(=O)N(CC)C2CCCCC2)CC1.CCC1CCC(c2nc3ccccc3n2CCC(=O)N(CC)C2CCCCC2)CC1.CCN(C(=O)CCn1c(C2CCCN(C(=O)OC(C)(C)C)C2)nc2cc(C)ccc21)C1CCCCC1.CCOC(=O)N1CCCC(c2nc3cc(C)ccc3n2CCC(=O)N(CC)C2CCCCC2)C1. The van der Waals surface area contributed by atoms with Gasteiger partial charge in [-0.15, -0.1) is 0 Å². The summed E-state index contributed by atoms with van der Waals surface area (Å²) in [4.78, 5) is 111. The maximum Gasteiger partial charge on any atom is 0.410 e. The number of para-hydroxylation sites is 2. The fourth-order valence-corrected chi connectivity index (χ4v) is 23.5. The number of benzene rings is 4. The van der Waals surface area contributed by atoms with E-state index in [1.807, 2.05) is 44.7 Å². The van der Waals surface area contributed by atoms with Crippen molar-refractivity contribution in [2.75, 3.05) is 66.1 Å². The molecule has 4 aromatic heterocycles. The smallest absolute Gasteiger partial charge is 0.410 e. The minimum absolute atomic E-state index is 0.120. The zero-order chi connectivity index (χ0) is 93.4. The number of aryl methyl sites for hydroxylation is 6. The molecule has 724 valence electrons. The van der Waals surface area contributed by atoms with Gasteiger partial charge in [-0.25, -0.2) is 29.5 Å². The van der Waals surface area contributed by atoms with E-state index in [1.54, 1.807) is 12.0 Å². The summed E-state index contributed by atoms with van der Waals surface area (Å²) in [5, 5.41) is 0. The molecule has 8 aromatic rings. The van der Waals surface area contributed by atoms with Crippen LogP contribution in [0.15, 0.2) is 78.9 Å². The third-order valence-electron chi connectivity index (χ3n) is 30.8. The predicted molar refractivity (Wildman–Crippen MR) is 531 cm³/mol. The number of amides is 6. The van der Waals surface area contributed by atoms with Crippen LogP contribution in [-0.4, -0.2) is 199 Å². The Labute approximate surface area is 789 Å². The predicted octanol–water partition coefficient (Wildman–Crippen LogP) is 23.9. The molecule has 23 heteroatoms. The first-order valence-electron chi connectivity index (χ1n) is 52.5. The quantitative estimate of drug-likeness (QED) is 0.0446. The van der Waals surface area contributed by atoms with Crippen LogP contribution in [0.1, 0.15) is 371 Å². The molecule has 2 atom stereocenters. The van der Waals surface area contributed by atoms with Crippen LogP contribution in [0.4, 0.5) is 9.59 Å². The fourth-order valence-electron chi connectivity index (χ4n) is 23.5. The van der Waals surface area contributed by atoms with Gasteiger partial charge in [0, 0.05) is 158 Å². The molecule has 0 N–H and O–H groups in total. The Morgan fingerprint density at radius 3 is 1.03 bits per heavy atom. The zero-order valence-corrected chi connectivity index (χ0v) is 83.3. The monoisotopic (exact) mass is 1810 g/mol. The molecule has 0 radical (unpaired) electrons. The summed E-state index contributed by atoms with van der Waals surface area (Å²) >= 11 is 0. The lowest BCUT2D eigenvalue weighted by Gasteiger charge is -2.34. The normalized spacial score (nSPS) is 20.9. The van der Waals surface area contributed by atoms with Gasteiger partial charge in [0.05, 0.1) is 57.9 Å². The minimum atomic E-state index is -0.515. The van der Waals surface area contributed by atoms with Gasteiger partial charge in [0.1, 0.15) is 34.6 Å². The van der Waals surface area contributed by atoms with Crippen molar-refractivity contribution < 1.29 is 43.0 Å². The van der Waals surface area contributed by atoms with E-state index in [2.05, 4.69) is 160 Å². The van der Waals surface area contributed by atoms with E-state index in [0.717, 1.165) is 158 Å².